The molecule has 0 saturated heterocycles. The average molecular weight is 297 g/mol. The van der Waals surface area contributed by atoms with Crippen molar-refractivity contribution >= 4 is 27.9 Å². The maximum Gasteiger partial charge on any atom is 0.260 e. The van der Waals surface area contributed by atoms with Crippen LogP contribution < -0.4 is 16.8 Å². The first-order valence-electron chi connectivity index (χ1n) is 5.83. The summed E-state index contributed by atoms with van der Waals surface area (Å²) in [7, 11) is 0. The van der Waals surface area contributed by atoms with Crippen molar-refractivity contribution in [2.75, 3.05) is 17.6 Å². The van der Waals surface area contributed by atoms with E-state index < -0.39 is 17.5 Å². The molecule has 0 aliphatic carbocycles. The van der Waals surface area contributed by atoms with Crippen molar-refractivity contribution in [3.63, 3.8) is 0 Å². The third kappa shape index (κ3) is 3.45. The molecule has 0 aliphatic rings. The van der Waals surface area contributed by atoms with Crippen LogP contribution in [0.2, 0.25) is 0 Å². The lowest BCUT2D eigenvalue weighted by atomic mass is 10.1. The van der Waals surface area contributed by atoms with Gasteiger partial charge in [0, 0.05) is 12.6 Å². The van der Waals surface area contributed by atoms with Gasteiger partial charge in [-0.2, -0.15) is 0 Å². The lowest BCUT2D eigenvalue weighted by Gasteiger charge is -2.04. The molecule has 1 amide bonds. The SMILES string of the molecule is NC(=O)c1sc(NCCc2cc(F)cc(F)c2)cc1N. The summed E-state index contributed by atoms with van der Waals surface area (Å²) < 4.78 is 26.0. The van der Waals surface area contributed by atoms with Gasteiger partial charge in [-0.1, -0.05) is 0 Å². The van der Waals surface area contributed by atoms with Crippen molar-refractivity contribution < 1.29 is 13.6 Å². The van der Waals surface area contributed by atoms with Gasteiger partial charge in [0.15, 0.2) is 0 Å². The monoisotopic (exact) mass is 297 g/mol. The largest absolute Gasteiger partial charge is 0.397 e. The number of benzene rings is 1. The number of thiophene rings is 1. The molecule has 7 heteroatoms. The molecule has 20 heavy (non-hydrogen) atoms. The Morgan fingerprint density at radius 3 is 2.40 bits per heavy atom. The van der Waals surface area contributed by atoms with Crippen molar-refractivity contribution in [3.8, 4) is 0 Å². The molecule has 2 aromatic rings. The number of carbonyl (C=O) groups is 1. The first-order chi connectivity index (χ1) is 9.45. The van der Waals surface area contributed by atoms with E-state index in [1.54, 1.807) is 6.07 Å². The first kappa shape index (κ1) is 14.3. The van der Waals surface area contributed by atoms with E-state index in [-0.39, 0.29) is 0 Å². The number of carbonyl (C=O) groups excluding carboxylic acids is 1. The van der Waals surface area contributed by atoms with Gasteiger partial charge in [-0.3, -0.25) is 4.79 Å². The molecule has 0 bridgehead atoms. The predicted molar refractivity (Wildman–Crippen MR) is 75.8 cm³/mol. The molecule has 4 nitrogen and oxygen atoms in total. The second kappa shape index (κ2) is 5.87. The maximum atomic E-state index is 13.0. The Balaban J connectivity index is 1.96. The Morgan fingerprint density at radius 1 is 1.20 bits per heavy atom. The van der Waals surface area contributed by atoms with Crippen LogP contribution in [0.25, 0.3) is 0 Å². The molecule has 1 heterocycles. The summed E-state index contributed by atoms with van der Waals surface area (Å²) in [6.07, 6.45) is 0.443. The number of primary amides is 1. The normalized spacial score (nSPS) is 10.5. The second-order valence-corrected chi connectivity index (χ2v) is 5.27. The fraction of sp³-hybridized carbons (Fsp3) is 0.154. The highest BCUT2D eigenvalue weighted by molar-refractivity contribution is 7.18. The molecule has 0 fully saturated rings. The minimum atomic E-state index is -0.601. The molecular weight excluding hydrogens is 284 g/mol. The number of anilines is 2. The Morgan fingerprint density at radius 2 is 1.85 bits per heavy atom. The first-order valence-corrected chi connectivity index (χ1v) is 6.65. The van der Waals surface area contributed by atoms with E-state index in [1.807, 2.05) is 0 Å². The van der Waals surface area contributed by atoms with Crippen molar-refractivity contribution in [3.05, 3.63) is 46.3 Å². The molecule has 1 aromatic carbocycles. The van der Waals surface area contributed by atoms with E-state index in [2.05, 4.69) is 5.32 Å². The van der Waals surface area contributed by atoms with Crippen molar-refractivity contribution in [1.29, 1.82) is 0 Å². The molecule has 0 saturated carbocycles. The van der Waals surface area contributed by atoms with Crippen LogP contribution in [-0.4, -0.2) is 12.5 Å². The molecule has 0 spiro atoms. The zero-order valence-corrected chi connectivity index (χ0v) is 11.3. The third-order valence-corrected chi connectivity index (χ3v) is 3.74. The molecule has 0 unspecified atom stereocenters. The summed E-state index contributed by atoms with van der Waals surface area (Å²) in [6.45, 7) is 0.459. The molecular formula is C13H13F2N3OS. The molecule has 0 radical (unpaired) electrons. The number of nitrogens with one attached hydrogen (secondary N) is 1. The minimum Gasteiger partial charge on any atom is -0.397 e. The summed E-state index contributed by atoms with van der Waals surface area (Å²) in [5.74, 6) is -1.78. The van der Waals surface area contributed by atoms with E-state index in [0.29, 0.717) is 34.1 Å². The van der Waals surface area contributed by atoms with Gasteiger partial charge in [0.25, 0.3) is 5.91 Å². The average Bonchev–Trinajstić information content (AvgIpc) is 2.69. The molecule has 106 valence electrons. The van der Waals surface area contributed by atoms with E-state index in [0.717, 1.165) is 17.4 Å². The molecule has 5 N–H and O–H groups in total. The number of hydrogen-bond acceptors (Lipinski definition) is 4. The maximum absolute atomic E-state index is 13.0. The minimum absolute atomic E-state index is 0.296. The highest BCUT2D eigenvalue weighted by atomic mass is 32.1. The van der Waals surface area contributed by atoms with Crippen LogP contribution >= 0.6 is 11.3 Å². The van der Waals surface area contributed by atoms with Crippen LogP contribution in [-0.2, 0) is 6.42 Å². The van der Waals surface area contributed by atoms with Gasteiger partial charge >= 0.3 is 0 Å². The quantitative estimate of drug-likeness (QED) is 0.792. The number of nitrogen functional groups attached to an aromatic ring is 1. The Labute approximate surface area is 118 Å². The number of rotatable bonds is 5. The van der Waals surface area contributed by atoms with Gasteiger partial charge in [-0.25, -0.2) is 8.78 Å². The van der Waals surface area contributed by atoms with Crippen LogP contribution in [0.3, 0.4) is 0 Å². The summed E-state index contributed by atoms with van der Waals surface area (Å²) in [5.41, 5.74) is 11.7. The van der Waals surface area contributed by atoms with E-state index in [9.17, 15) is 13.6 Å². The van der Waals surface area contributed by atoms with Crippen molar-refractivity contribution in [1.82, 2.24) is 0 Å². The molecule has 0 aliphatic heterocycles. The summed E-state index contributed by atoms with van der Waals surface area (Å²) in [5, 5.41) is 3.72. The van der Waals surface area contributed by atoms with Crippen LogP contribution in [0.1, 0.15) is 15.2 Å². The smallest absolute Gasteiger partial charge is 0.260 e. The van der Waals surface area contributed by atoms with Gasteiger partial charge in [0.2, 0.25) is 0 Å². The number of amides is 1. The number of halogens is 2. The third-order valence-electron chi connectivity index (χ3n) is 2.62. The Bertz CT molecular complexity index is 622. The Kier molecular flexibility index (Phi) is 4.19. The number of nitrogens with two attached hydrogens (primary N) is 2. The van der Waals surface area contributed by atoms with E-state index in [1.165, 1.54) is 12.1 Å². The number of hydrogen-bond donors (Lipinski definition) is 3. The Hall–Kier alpha value is -2.15. The highest BCUT2D eigenvalue weighted by Gasteiger charge is 2.10. The fourth-order valence-corrected chi connectivity index (χ4v) is 2.63. The molecule has 2 rings (SSSR count). The van der Waals surface area contributed by atoms with Gasteiger partial charge in [0.1, 0.15) is 16.5 Å². The molecule has 1 aromatic heterocycles. The summed E-state index contributed by atoms with van der Waals surface area (Å²) >= 11 is 1.15. The van der Waals surface area contributed by atoms with Crippen LogP contribution in [0.4, 0.5) is 19.5 Å². The van der Waals surface area contributed by atoms with Crippen molar-refractivity contribution in [2.45, 2.75) is 6.42 Å². The predicted octanol–water partition coefficient (Wildman–Crippen LogP) is 2.36. The highest BCUT2D eigenvalue weighted by Crippen LogP contribution is 2.28. The lowest BCUT2D eigenvalue weighted by molar-refractivity contribution is 0.100. The van der Waals surface area contributed by atoms with E-state index in [4.69, 9.17) is 11.5 Å². The van der Waals surface area contributed by atoms with Crippen LogP contribution in [0.5, 0.6) is 0 Å². The summed E-state index contributed by atoms with van der Waals surface area (Å²) in [4.78, 5) is 11.3. The zero-order valence-electron chi connectivity index (χ0n) is 10.5. The van der Waals surface area contributed by atoms with Crippen LogP contribution in [0.15, 0.2) is 24.3 Å². The standard InChI is InChI=1S/C13H13F2N3OS/c14-8-3-7(4-9(15)5-8)1-2-18-11-6-10(16)12(20-11)13(17)19/h3-6,18H,1-2,16H2,(H2,17,19). The summed E-state index contributed by atoms with van der Waals surface area (Å²) in [6, 6.07) is 5.00. The van der Waals surface area contributed by atoms with Gasteiger partial charge in [-0.15, -0.1) is 11.3 Å². The van der Waals surface area contributed by atoms with Gasteiger partial charge in [0.05, 0.1) is 10.7 Å². The van der Waals surface area contributed by atoms with Gasteiger partial charge in [-0.05, 0) is 30.2 Å². The topological polar surface area (TPSA) is 81.1 Å². The van der Waals surface area contributed by atoms with Crippen molar-refractivity contribution in [2.24, 2.45) is 5.73 Å². The molecule has 0 atom stereocenters. The van der Waals surface area contributed by atoms with Crippen LogP contribution in [0, 0.1) is 11.6 Å². The fourth-order valence-electron chi connectivity index (χ4n) is 1.77. The van der Waals surface area contributed by atoms with Gasteiger partial charge < -0.3 is 16.8 Å². The zero-order chi connectivity index (χ0) is 14.7. The lowest BCUT2D eigenvalue weighted by Crippen LogP contribution is -2.10. The second-order valence-electron chi connectivity index (χ2n) is 4.21. The van der Waals surface area contributed by atoms with E-state index >= 15 is 0 Å².